The second-order valence-corrected chi connectivity index (χ2v) is 9.23. The fraction of sp³-hybridized carbons (Fsp3) is 0.640. The van der Waals surface area contributed by atoms with E-state index in [0.717, 1.165) is 67.8 Å². The van der Waals surface area contributed by atoms with Gasteiger partial charge in [-0.3, -0.25) is 4.79 Å². The van der Waals surface area contributed by atoms with Crippen LogP contribution < -0.4 is 4.74 Å². The minimum Gasteiger partial charge on any atom is -0.490 e. The first-order chi connectivity index (χ1) is 16.0. The lowest BCUT2D eigenvalue weighted by Gasteiger charge is -2.29. The van der Waals surface area contributed by atoms with Gasteiger partial charge in [-0.15, -0.1) is 5.10 Å². The van der Waals surface area contributed by atoms with Gasteiger partial charge in [-0.25, -0.2) is 4.68 Å². The Morgan fingerprint density at radius 2 is 1.97 bits per heavy atom. The van der Waals surface area contributed by atoms with E-state index in [0.29, 0.717) is 13.0 Å². The van der Waals surface area contributed by atoms with Gasteiger partial charge in [-0.2, -0.15) is 0 Å². The molecule has 0 amide bonds. The van der Waals surface area contributed by atoms with Crippen LogP contribution in [0, 0.1) is 5.92 Å². The third-order valence-corrected chi connectivity index (χ3v) is 6.23. The average molecular weight is 458 g/mol. The Hall–Kier alpha value is -2.45. The van der Waals surface area contributed by atoms with Crippen LogP contribution in [0.4, 0.5) is 0 Å². The number of carbonyl (C=O) groups excluding carboxylic acids is 1. The number of hydrogen-bond donors (Lipinski definition) is 0. The number of hydrogen-bond acceptors (Lipinski definition) is 7. The zero-order chi connectivity index (χ0) is 23.2. The van der Waals surface area contributed by atoms with Gasteiger partial charge in [0.05, 0.1) is 30.4 Å². The Balaban J connectivity index is 1.36. The topological polar surface area (TPSA) is 84.7 Å². The lowest BCUT2D eigenvalue weighted by Crippen LogP contribution is -2.31. The van der Waals surface area contributed by atoms with Crippen molar-refractivity contribution in [3.8, 4) is 17.0 Å². The number of aryl methyl sites for hydroxylation is 1. The van der Waals surface area contributed by atoms with Gasteiger partial charge in [0, 0.05) is 19.2 Å². The van der Waals surface area contributed by atoms with Gasteiger partial charge in [-0.05, 0) is 83.1 Å². The Labute approximate surface area is 195 Å². The number of aromatic nitrogens is 3. The first-order valence-electron chi connectivity index (χ1n) is 12.1. The van der Waals surface area contributed by atoms with Crippen LogP contribution in [0.3, 0.4) is 0 Å². The molecule has 2 fully saturated rings. The zero-order valence-corrected chi connectivity index (χ0v) is 19.9. The molecule has 1 aromatic heterocycles. The Morgan fingerprint density at radius 3 is 2.70 bits per heavy atom. The summed E-state index contributed by atoms with van der Waals surface area (Å²) in [5.74, 6) is 0.601. The fourth-order valence-corrected chi connectivity index (χ4v) is 4.46. The van der Waals surface area contributed by atoms with E-state index in [-0.39, 0.29) is 30.4 Å². The molecule has 0 spiro atoms. The van der Waals surface area contributed by atoms with E-state index in [9.17, 15) is 4.79 Å². The Morgan fingerprint density at radius 1 is 1.15 bits per heavy atom. The molecule has 1 saturated carbocycles. The number of nitrogens with zero attached hydrogens (tertiary/aromatic N) is 3. The minimum atomic E-state index is -0.158. The second kappa shape index (κ2) is 11.1. The van der Waals surface area contributed by atoms with Crippen molar-refractivity contribution < 1.29 is 23.7 Å². The summed E-state index contributed by atoms with van der Waals surface area (Å²) in [6.45, 7) is 4.92. The van der Waals surface area contributed by atoms with E-state index in [2.05, 4.69) is 10.3 Å². The van der Waals surface area contributed by atoms with E-state index in [1.165, 1.54) is 0 Å². The standard InChI is InChI=1S/C25H35N3O5/c1-17(2)32-25(29)19-7-6-8-21(15-19)33-20-12-10-18(11-13-20)24-22(28(3)27-26-24)16-31-23-9-4-5-14-30-23/h10-13,17,19,21,23H,4-9,14-16H2,1-3H3/t19-,21-,23?/m1/s1. The first kappa shape index (κ1) is 23.7. The summed E-state index contributed by atoms with van der Waals surface area (Å²) in [7, 11) is 1.87. The third-order valence-electron chi connectivity index (χ3n) is 6.23. The molecule has 180 valence electrons. The number of carbonyl (C=O) groups is 1. The van der Waals surface area contributed by atoms with Crippen LogP contribution in [0.1, 0.15) is 64.5 Å². The third kappa shape index (κ3) is 6.32. The molecule has 8 nitrogen and oxygen atoms in total. The van der Waals surface area contributed by atoms with Crippen molar-refractivity contribution in [1.29, 1.82) is 0 Å². The summed E-state index contributed by atoms with van der Waals surface area (Å²) in [4.78, 5) is 12.3. The summed E-state index contributed by atoms with van der Waals surface area (Å²) in [5, 5.41) is 8.54. The molecular weight excluding hydrogens is 422 g/mol. The van der Waals surface area contributed by atoms with Gasteiger partial charge in [0.2, 0.25) is 0 Å². The zero-order valence-electron chi connectivity index (χ0n) is 19.9. The largest absolute Gasteiger partial charge is 0.490 e. The van der Waals surface area contributed by atoms with Crippen molar-refractivity contribution in [1.82, 2.24) is 15.0 Å². The maximum absolute atomic E-state index is 12.3. The molecule has 3 atom stereocenters. The van der Waals surface area contributed by atoms with Crippen LogP contribution in [-0.2, 0) is 32.7 Å². The van der Waals surface area contributed by atoms with E-state index in [1.54, 1.807) is 4.68 Å². The summed E-state index contributed by atoms with van der Waals surface area (Å²) in [6, 6.07) is 7.89. The molecule has 1 aromatic carbocycles. The lowest BCUT2D eigenvalue weighted by molar-refractivity contribution is -0.169. The van der Waals surface area contributed by atoms with Crippen LogP contribution >= 0.6 is 0 Å². The molecule has 2 aromatic rings. The highest BCUT2D eigenvalue weighted by molar-refractivity contribution is 5.72. The highest BCUT2D eigenvalue weighted by Gasteiger charge is 2.30. The van der Waals surface area contributed by atoms with Gasteiger partial charge in [-0.1, -0.05) is 5.21 Å². The van der Waals surface area contributed by atoms with Gasteiger partial charge in [0.15, 0.2) is 6.29 Å². The van der Waals surface area contributed by atoms with Gasteiger partial charge in [0.1, 0.15) is 11.4 Å². The normalized spacial score (nSPS) is 23.5. The number of rotatable bonds is 8. The van der Waals surface area contributed by atoms with Crippen LogP contribution in [0.2, 0.25) is 0 Å². The van der Waals surface area contributed by atoms with Crippen LogP contribution in [-0.4, -0.2) is 46.1 Å². The van der Waals surface area contributed by atoms with E-state index >= 15 is 0 Å². The molecule has 1 saturated heterocycles. The second-order valence-electron chi connectivity index (χ2n) is 9.23. The van der Waals surface area contributed by atoms with Crippen molar-refractivity contribution in [3.63, 3.8) is 0 Å². The highest BCUT2D eigenvalue weighted by atomic mass is 16.7. The van der Waals surface area contributed by atoms with E-state index in [4.69, 9.17) is 18.9 Å². The number of benzene rings is 1. The van der Waals surface area contributed by atoms with Crippen LogP contribution in [0.15, 0.2) is 24.3 Å². The molecular formula is C25H35N3O5. The molecule has 1 aliphatic heterocycles. The van der Waals surface area contributed by atoms with Gasteiger partial charge >= 0.3 is 5.97 Å². The predicted octanol–water partition coefficient (Wildman–Crippen LogP) is 4.41. The lowest BCUT2D eigenvalue weighted by atomic mass is 9.87. The smallest absolute Gasteiger partial charge is 0.309 e. The Bertz CT molecular complexity index is 905. The first-order valence-corrected chi connectivity index (χ1v) is 12.1. The molecule has 0 radical (unpaired) electrons. The number of ether oxygens (including phenoxy) is 4. The van der Waals surface area contributed by atoms with Crippen molar-refractivity contribution in [3.05, 3.63) is 30.0 Å². The van der Waals surface area contributed by atoms with E-state index < -0.39 is 0 Å². The van der Waals surface area contributed by atoms with Crippen molar-refractivity contribution in [2.75, 3.05) is 6.61 Å². The van der Waals surface area contributed by atoms with Gasteiger partial charge in [0.25, 0.3) is 0 Å². The maximum atomic E-state index is 12.3. The molecule has 1 unspecified atom stereocenters. The van der Waals surface area contributed by atoms with Crippen molar-refractivity contribution in [2.45, 2.75) is 83.9 Å². The average Bonchev–Trinajstić information content (AvgIpc) is 3.19. The predicted molar refractivity (Wildman–Crippen MR) is 122 cm³/mol. The molecule has 0 N–H and O–H groups in total. The molecule has 33 heavy (non-hydrogen) atoms. The summed E-state index contributed by atoms with van der Waals surface area (Å²) in [5.41, 5.74) is 2.67. The fourth-order valence-electron chi connectivity index (χ4n) is 4.46. The summed E-state index contributed by atoms with van der Waals surface area (Å²) >= 11 is 0. The molecule has 2 aliphatic rings. The molecule has 4 rings (SSSR count). The molecule has 1 aliphatic carbocycles. The molecule has 0 bridgehead atoms. The van der Waals surface area contributed by atoms with E-state index in [1.807, 2.05) is 45.2 Å². The van der Waals surface area contributed by atoms with Crippen LogP contribution in [0.25, 0.3) is 11.3 Å². The number of esters is 1. The highest BCUT2D eigenvalue weighted by Crippen LogP contribution is 2.30. The Kier molecular flexibility index (Phi) is 7.98. The monoisotopic (exact) mass is 457 g/mol. The maximum Gasteiger partial charge on any atom is 0.309 e. The van der Waals surface area contributed by atoms with Crippen LogP contribution in [0.5, 0.6) is 5.75 Å². The summed E-state index contributed by atoms with van der Waals surface area (Å²) in [6.07, 6.45) is 6.40. The quantitative estimate of drug-likeness (QED) is 0.543. The SMILES string of the molecule is CC(C)OC(=O)[C@@H]1CCC[C@@H](Oc2ccc(-c3nnn(C)c3COC3CCCCO3)cc2)C1. The van der Waals surface area contributed by atoms with Crippen molar-refractivity contribution >= 4 is 5.97 Å². The summed E-state index contributed by atoms with van der Waals surface area (Å²) < 4.78 is 25.0. The van der Waals surface area contributed by atoms with Gasteiger partial charge < -0.3 is 18.9 Å². The van der Waals surface area contributed by atoms with Crippen molar-refractivity contribution in [2.24, 2.45) is 13.0 Å². The molecule has 2 heterocycles. The molecule has 8 heteroatoms. The minimum absolute atomic E-state index is 0.0188.